The number of carbonyl (C=O) groups excluding carboxylic acids is 2. The predicted molar refractivity (Wildman–Crippen MR) is 64.1 cm³/mol. The average molecular weight is 240 g/mol. The van der Waals surface area contributed by atoms with Crippen LogP contribution in [0.2, 0.25) is 0 Å². The largest absolute Gasteiger partial charge is 0.444 e. The van der Waals surface area contributed by atoms with Gasteiger partial charge in [-0.25, -0.2) is 4.79 Å². The van der Waals surface area contributed by atoms with Gasteiger partial charge in [-0.3, -0.25) is 10.1 Å². The van der Waals surface area contributed by atoms with E-state index in [0.29, 0.717) is 0 Å². The molecule has 0 saturated heterocycles. The molecule has 5 nitrogen and oxygen atoms in total. The molecule has 0 radical (unpaired) electrons. The van der Waals surface area contributed by atoms with E-state index in [1.165, 1.54) is 0 Å². The Morgan fingerprint density at radius 1 is 1.24 bits per heavy atom. The zero-order valence-corrected chi connectivity index (χ0v) is 10.6. The van der Waals surface area contributed by atoms with Crippen LogP contribution in [-0.4, -0.2) is 17.6 Å². The summed E-state index contributed by atoms with van der Waals surface area (Å²) in [6.07, 6.45) is 3.05. The van der Waals surface area contributed by atoms with Gasteiger partial charge in [0.2, 0.25) is 0 Å². The summed E-state index contributed by atoms with van der Waals surface area (Å²) in [5.74, 6) is -0.604. The zero-order valence-electron chi connectivity index (χ0n) is 10.6. The average Bonchev–Trinajstić information content (AvgIpc) is 2.63. The van der Waals surface area contributed by atoms with Gasteiger partial charge in [0.15, 0.2) is 0 Å². The van der Waals surface area contributed by atoms with E-state index in [1.54, 1.807) is 20.8 Å². The van der Waals surface area contributed by atoms with Crippen LogP contribution in [-0.2, 0) is 9.53 Å². The van der Waals surface area contributed by atoms with Gasteiger partial charge in [0.05, 0.1) is 0 Å². The summed E-state index contributed by atoms with van der Waals surface area (Å²) in [5.41, 5.74) is 5.80. The second-order valence-corrected chi connectivity index (χ2v) is 5.18. The number of nitrogens with two attached hydrogens (primary N) is 1. The van der Waals surface area contributed by atoms with Crippen LogP contribution in [0.25, 0.3) is 0 Å². The Kier molecular flexibility index (Phi) is 4.15. The van der Waals surface area contributed by atoms with Crippen LogP contribution in [0.1, 0.15) is 46.5 Å². The lowest BCUT2D eigenvalue weighted by Gasteiger charge is -2.20. The van der Waals surface area contributed by atoms with Crippen LogP contribution in [0.3, 0.4) is 0 Å². The van der Waals surface area contributed by atoms with Crippen LogP contribution < -0.4 is 11.1 Å². The number of carbonyl (C=O) groups is 2. The maximum Gasteiger partial charge on any atom is 0.412 e. The maximum absolute atomic E-state index is 11.6. The van der Waals surface area contributed by atoms with E-state index in [4.69, 9.17) is 10.5 Å². The van der Waals surface area contributed by atoms with E-state index in [-0.39, 0.29) is 5.70 Å². The lowest BCUT2D eigenvalue weighted by Crippen LogP contribution is -2.36. The third-order valence-corrected chi connectivity index (χ3v) is 2.43. The first-order valence-corrected chi connectivity index (χ1v) is 5.81. The van der Waals surface area contributed by atoms with Crippen molar-refractivity contribution in [1.29, 1.82) is 0 Å². The molecule has 2 amide bonds. The van der Waals surface area contributed by atoms with Crippen molar-refractivity contribution < 1.29 is 14.3 Å². The summed E-state index contributed by atoms with van der Waals surface area (Å²) in [6.45, 7) is 5.29. The van der Waals surface area contributed by atoms with Crippen LogP contribution in [0.5, 0.6) is 0 Å². The number of amides is 2. The minimum absolute atomic E-state index is 0.205. The predicted octanol–water partition coefficient (Wildman–Crippen LogP) is 1.82. The number of ether oxygens (including phenoxy) is 1. The molecule has 1 aliphatic carbocycles. The Labute approximate surface area is 101 Å². The first kappa shape index (κ1) is 13.5. The number of primary amides is 1. The molecule has 1 rings (SSSR count). The SMILES string of the molecule is CC(C)(C)OC(=O)NC(C(N)=O)=C1CCCC1. The third kappa shape index (κ3) is 4.46. The summed E-state index contributed by atoms with van der Waals surface area (Å²) in [7, 11) is 0. The topological polar surface area (TPSA) is 81.4 Å². The first-order chi connectivity index (χ1) is 7.79. The quantitative estimate of drug-likeness (QED) is 0.722. The van der Waals surface area contributed by atoms with E-state index in [1.807, 2.05) is 0 Å². The van der Waals surface area contributed by atoms with E-state index in [2.05, 4.69) is 5.32 Å². The van der Waals surface area contributed by atoms with E-state index in [9.17, 15) is 9.59 Å². The fraction of sp³-hybridized carbons (Fsp3) is 0.667. The lowest BCUT2D eigenvalue weighted by atomic mass is 10.1. The second-order valence-electron chi connectivity index (χ2n) is 5.18. The fourth-order valence-electron chi connectivity index (χ4n) is 1.78. The van der Waals surface area contributed by atoms with E-state index >= 15 is 0 Å². The van der Waals surface area contributed by atoms with Gasteiger partial charge in [0, 0.05) is 0 Å². The molecule has 96 valence electrons. The molecular weight excluding hydrogens is 220 g/mol. The molecule has 0 unspecified atom stereocenters. The number of alkyl carbamates (subject to hydrolysis) is 1. The minimum atomic E-state index is -0.634. The molecule has 17 heavy (non-hydrogen) atoms. The highest BCUT2D eigenvalue weighted by molar-refractivity contribution is 5.95. The van der Waals surface area contributed by atoms with Crippen molar-refractivity contribution in [3.05, 3.63) is 11.3 Å². The molecule has 3 N–H and O–H groups in total. The zero-order chi connectivity index (χ0) is 13.1. The third-order valence-electron chi connectivity index (χ3n) is 2.43. The van der Waals surface area contributed by atoms with Crippen molar-refractivity contribution >= 4 is 12.0 Å². The summed E-state index contributed by atoms with van der Waals surface area (Å²) >= 11 is 0. The van der Waals surface area contributed by atoms with Gasteiger partial charge in [-0.1, -0.05) is 0 Å². The molecule has 5 heteroatoms. The van der Waals surface area contributed by atoms with E-state index in [0.717, 1.165) is 31.3 Å². The summed E-state index contributed by atoms with van der Waals surface area (Å²) in [5, 5.41) is 2.46. The number of nitrogens with one attached hydrogen (secondary N) is 1. The molecule has 1 fully saturated rings. The monoisotopic (exact) mass is 240 g/mol. The molecular formula is C12H20N2O3. The smallest absolute Gasteiger partial charge is 0.412 e. The van der Waals surface area contributed by atoms with Crippen molar-refractivity contribution in [2.45, 2.75) is 52.1 Å². The second kappa shape index (κ2) is 5.21. The van der Waals surface area contributed by atoms with Crippen LogP contribution in [0.4, 0.5) is 4.79 Å². The summed E-state index contributed by atoms with van der Waals surface area (Å²) in [4.78, 5) is 22.8. The highest BCUT2D eigenvalue weighted by atomic mass is 16.6. The molecule has 1 saturated carbocycles. The van der Waals surface area contributed by atoms with Gasteiger partial charge >= 0.3 is 6.09 Å². The van der Waals surface area contributed by atoms with Crippen molar-refractivity contribution in [3.63, 3.8) is 0 Å². The Balaban J connectivity index is 2.72. The van der Waals surface area contributed by atoms with Crippen molar-refractivity contribution in [1.82, 2.24) is 5.32 Å². The lowest BCUT2D eigenvalue weighted by molar-refractivity contribution is -0.115. The molecule has 0 aromatic rings. The van der Waals surface area contributed by atoms with Crippen molar-refractivity contribution in [2.24, 2.45) is 5.73 Å². The molecule has 0 atom stereocenters. The van der Waals surface area contributed by atoms with Gasteiger partial charge in [-0.2, -0.15) is 0 Å². The Hall–Kier alpha value is -1.52. The molecule has 0 heterocycles. The van der Waals surface area contributed by atoms with Gasteiger partial charge in [0.1, 0.15) is 11.3 Å². The fourth-order valence-corrected chi connectivity index (χ4v) is 1.78. The molecule has 0 aliphatic heterocycles. The van der Waals surface area contributed by atoms with Crippen LogP contribution >= 0.6 is 0 Å². The number of hydrogen-bond acceptors (Lipinski definition) is 3. The highest BCUT2D eigenvalue weighted by Gasteiger charge is 2.22. The Bertz CT molecular complexity index is 345. The molecule has 1 aliphatic rings. The van der Waals surface area contributed by atoms with Gasteiger partial charge in [-0.05, 0) is 52.0 Å². The van der Waals surface area contributed by atoms with Gasteiger partial charge in [-0.15, -0.1) is 0 Å². The molecule has 0 bridgehead atoms. The highest BCUT2D eigenvalue weighted by Crippen LogP contribution is 2.26. The number of rotatable bonds is 2. The Morgan fingerprint density at radius 3 is 2.18 bits per heavy atom. The minimum Gasteiger partial charge on any atom is -0.444 e. The Morgan fingerprint density at radius 2 is 1.76 bits per heavy atom. The molecule has 0 aromatic carbocycles. The van der Waals surface area contributed by atoms with Gasteiger partial charge in [0.25, 0.3) is 5.91 Å². The van der Waals surface area contributed by atoms with Crippen LogP contribution in [0, 0.1) is 0 Å². The van der Waals surface area contributed by atoms with Crippen molar-refractivity contribution in [3.8, 4) is 0 Å². The molecule has 0 aromatic heterocycles. The first-order valence-electron chi connectivity index (χ1n) is 5.81. The normalized spacial score (nSPS) is 15.6. The summed E-state index contributed by atoms with van der Waals surface area (Å²) in [6, 6.07) is 0. The van der Waals surface area contributed by atoms with Gasteiger partial charge < -0.3 is 10.5 Å². The van der Waals surface area contributed by atoms with E-state index < -0.39 is 17.6 Å². The summed E-state index contributed by atoms with van der Waals surface area (Å²) < 4.78 is 5.09. The standard InChI is InChI=1S/C12H20N2O3/c1-12(2,3)17-11(16)14-9(10(13)15)8-6-4-5-7-8/h4-7H2,1-3H3,(H2,13,15)(H,14,16). The van der Waals surface area contributed by atoms with Crippen LogP contribution in [0.15, 0.2) is 11.3 Å². The molecule has 0 spiro atoms. The number of hydrogen-bond donors (Lipinski definition) is 2. The number of allylic oxidation sites excluding steroid dienone is 1. The van der Waals surface area contributed by atoms with Crippen molar-refractivity contribution in [2.75, 3.05) is 0 Å². The maximum atomic E-state index is 11.6.